The Morgan fingerprint density at radius 2 is 2.08 bits per heavy atom. The Labute approximate surface area is 151 Å². The van der Waals surface area contributed by atoms with Crippen LogP contribution in [0.15, 0.2) is 48.0 Å². The molecule has 0 radical (unpaired) electrons. The predicted octanol–water partition coefficient (Wildman–Crippen LogP) is 4.29. The average Bonchev–Trinajstić information content (AvgIpc) is 2.62. The second-order valence-corrected chi connectivity index (χ2v) is 5.35. The maximum Gasteiger partial charge on any atom is 0.266 e. The minimum absolute atomic E-state index is 0.0639. The van der Waals surface area contributed by atoms with Crippen LogP contribution in [-0.2, 0) is 4.79 Å². The maximum atomic E-state index is 12.4. The van der Waals surface area contributed by atoms with Gasteiger partial charge in [0.25, 0.3) is 5.91 Å². The summed E-state index contributed by atoms with van der Waals surface area (Å²) in [5.74, 6) is 0.605. The molecule has 0 spiro atoms. The van der Waals surface area contributed by atoms with Gasteiger partial charge in [-0.25, -0.2) is 0 Å². The van der Waals surface area contributed by atoms with Crippen LogP contribution in [0.1, 0.15) is 12.5 Å². The number of ether oxygens (including phenoxy) is 2. The van der Waals surface area contributed by atoms with E-state index in [4.69, 9.17) is 21.1 Å². The number of carbonyl (C=O) groups excluding carboxylic acids is 1. The highest BCUT2D eigenvalue weighted by atomic mass is 35.5. The number of anilines is 1. The van der Waals surface area contributed by atoms with Crippen molar-refractivity contribution in [2.45, 2.75) is 6.92 Å². The van der Waals surface area contributed by atoms with Crippen molar-refractivity contribution in [1.82, 2.24) is 0 Å². The minimum atomic E-state index is -0.547. The first-order valence-electron chi connectivity index (χ1n) is 7.57. The third-order valence-electron chi connectivity index (χ3n) is 3.31. The van der Waals surface area contributed by atoms with Crippen molar-refractivity contribution in [2.24, 2.45) is 0 Å². The van der Waals surface area contributed by atoms with Crippen LogP contribution in [-0.4, -0.2) is 19.6 Å². The van der Waals surface area contributed by atoms with Crippen molar-refractivity contribution in [3.63, 3.8) is 0 Å². The van der Waals surface area contributed by atoms with E-state index in [9.17, 15) is 10.1 Å². The molecule has 0 aliphatic rings. The first kappa shape index (κ1) is 18.4. The molecular formula is C19H17ClN2O3. The number of nitrogens with zero attached hydrogens (tertiary/aromatic N) is 1. The summed E-state index contributed by atoms with van der Waals surface area (Å²) in [6, 6.07) is 13.9. The second-order valence-electron chi connectivity index (χ2n) is 4.94. The number of nitriles is 1. The molecule has 128 valence electrons. The number of halogens is 1. The molecule has 1 N–H and O–H groups in total. The molecule has 0 heterocycles. The molecule has 2 rings (SSSR count). The number of benzene rings is 2. The summed E-state index contributed by atoms with van der Waals surface area (Å²) in [7, 11) is 1.55. The van der Waals surface area contributed by atoms with Crippen LogP contribution >= 0.6 is 11.6 Å². The SMILES string of the molecule is CCOc1cc(OC)ccc1/C=C(\C#N)C(=O)Nc1ccccc1Cl. The van der Waals surface area contributed by atoms with Gasteiger partial charge in [-0.05, 0) is 37.3 Å². The molecule has 0 atom stereocenters. The molecule has 0 saturated carbocycles. The van der Waals surface area contributed by atoms with E-state index in [2.05, 4.69) is 5.32 Å². The van der Waals surface area contributed by atoms with Gasteiger partial charge in [0.2, 0.25) is 0 Å². The molecule has 5 nitrogen and oxygen atoms in total. The van der Waals surface area contributed by atoms with E-state index in [1.807, 2.05) is 13.0 Å². The van der Waals surface area contributed by atoms with Crippen LogP contribution in [0.25, 0.3) is 6.08 Å². The predicted molar refractivity (Wildman–Crippen MR) is 97.8 cm³/mol. The van der Waals surface area contributed by atoms with Gasteiger partial charge >= 0.3 is 0 Å². The number of para-hydroxylation sites is 1. The fourth-order valence-corrected chi connectivity index (χ4v) is 2.28. The first-order chi connectivity index (χ1) is 12.1. The number of amides is 1. The van der Waals surface area contributed by atoms with Crippen LogP contribution in [0.2, 0.25) is 5.02 Å². The molecular weight excluding hydrogens is 340 g/mol. The van der Waals surface area contributed by atoms with Crippen LogP contribution in [0.4, 0.5) is 5.69 Å². The van der Waals surface area contributed by atoms with Crippen molar-refractivity contribution in [3.8, 4) is 17.6 Å². The van der Waals surface area contributed by atoms with Gasteiger partial charge < -0.3 is 14.8 Å². The van der Waals surface area contributed by atoms with Crippen LogP contribution in [0.3, 0.4) is 0 Å². The van der Waals surface area contributed by atoms with E-state index in [1.165, 1.54) is 6.08 Å². The Hall–Kier alpha value is -2.97. The summed E-state index contributed by atoms with van der Waals surface area (Å²) >= 11 is 6.03. The van der Waals surface area contributed by atoms with Gasteiger partial charge in [0.05, 0.1) is 24.4 Å². The summed E-state index contributed by atoms with van der Waals surface area (Å²) in [6.45, 7) is 2.30. The first-order valence-corrected chi connectivity index (χ1v) is 7.95. The van der Waals surface area contributed by atoms with E-state index in [0.29, 0.717) is 34.4 Å². The fraction of sp³-hybridized carbons (Fsp3) is 0.158. The minimum Gasteiger partial charge on any atom is -0.497 e. The van der Waals surface area contributed by atoms with Gasteiger partial charge in [0.15, 0.2) is 0 Å². The van der Waals surface area contributed by atoms with Gasteiger partial charge in [-0.1, -0.05) is 23.7 Å². The third-order valence-corrected chi connectivity index (χ3v) is 3.64. The topological polar surface area (TPSA) is 71.3 Å². The number of nitrogens with one attached hydrogen (secondary N) is 1. The van der Waals surface area contributed by atoms with Gasteiger partial charge in [0, 0.05) is 11.6 Å². The second kappa shape index (κ2) is 8.76. The standard InChI is InChI=1S/C19H17ClN2O3/c1-3-25-18-11-15(24-2)9-8-13(18)10-14(12-21)19(23)22-17-7-5-4-6-16(17)20/h4-11H,3H2,1-2H3,(H,22,23)/b14-10+. The summed E-state index contributed by atoms with van der Waals surface area (Å²) in [6.07, 6.45) is 1.47. The lowest BCUT2D eigenvalue weighted by Crippen LogP contribution is -2.13. The molecule has 2 aromatic carbocycles. The van der Waals surface area contributed by atoms with Crippen molar-refractivity contribution in [3.05, 3.63) is 58.6 Å². The highest BCUT2D eigenvalue weighted by molar-refractivity contribution is 6.34. The summed E-state index contributed by atoms with van der Waals surface area (Å²) in [4.78, 5) is 12.4. The van der Waals surface area contributed by atoms with Crippen molar-refractivity contribution in [2.75, 3.05) is 19.0 Å². The molecule has 6 heteroatoms. The monoisotopic (exact) mass is 356 g/mol. The molecule has 0 aromatic heterocycles. The van der Waals surface area contributed by atoms with Crippen LogP contribution in [0, 0.1) is 11.3 Å². The maximum absolute atomic E-state index is 12.4. The van der Waals surface area contributed by atoms with Crippen molar-refractivity contribution >= 4 is 29.3 Å². The molecule has 0 bridgehead atoms. The van der Waals surface area contributed by atoms with Gasteiger partial charge in [-0.15, -0.1) is 0 Å². The Kier molecular flexibility index (Phi) is 6.44. The summed E-state index contributed by atoms with van der Waals surface area (Å²) < 4.78 is 10.7. The zero-order chi connectivity index (χ0) is 18.2. The van der Waals surface area contributed by atoms with Crippen molar-refractivity contribution in [1.29, 1.82) is 5.26 Å². The average molecular weight is 357 g/mol. The molecule has 0 aliphatic carbocycles. The lowest BCUT2D eigenvalue weighted by molar-refractivity contribution is -0.112. The van der Waals surface area contributed by atoms with Gasteiger partial charge in [-0.3, -0.25) is 4.79 Å². The van der Waals surface area contributed by atoms with Crippen molar-refractivity contribution < 1.29 is 14.3 Å². The normalized spacial score (nSPS) is 10.7. The van der Waals surface area contributed by atoms with E-state index in [1.54, 1.807) is 49.6 Å². The summed E-state index contributed by atoms with van der Waals surface area (Å²) in [5, 5.41) is 12.4. The highest BCUT2D eigenvalue weighted by Gasteiger charge is 2.13. The zero-order valence-corrected chi connectivity index (χ0v) is 14.6. The van der Waals surface area contributed by atoms with E-state index < -0.39 is 5.91 Å². The van der Waals surface area contributed by atoms with E-state index in [0.717, 1.165) is 0 Å². The molecule has 0 aliphatic heterocycles. The fourth-order valence-electron chi connectivity index (χ4n) is 2.10. The highest BCUT2D eigenvalue weighted by Crippen LogP contribution is 2.27. The lowest BCUT2D eigenvalue weighted by atomic mass is 10.1. The van der Waals surface area contributed by atoms with Gasteiger partial charge in [-0.2, -0.15) is 5.26 Å². The molecule has 0 unspecified atom stereocenters. The van der Waals surface area contributed by atoms with Crippen LogP contribution in [0.5, 0.6) is 11.5 Å². The zero-order valence-electron chi connectivity index (χ0n) is 13.9. The molecule has 0 saturated heterocycles. The Morgan fingerprint density at radius 3 is 2.72 bits per heavy atom. The molecule has 1 amide bonds. The van der Waals surface area contributed by atoms with E-state index >= 15 is 0 Å². The number of hydrogen-bond donors (Lipinski definition) is 1. The number of methoxy groups -OCH3 is 1. The molecule has 25 heavy (non-hydrogen) atoms. The number of rotatable bonds is 6. The number of hydrogen-bond acceptors (Lipinski definition) is 4. The lowest BCUT2D eigenvalue weighted by Gasteiger charge is -2.10. The Balaban J connectivity index is 2.32. The Bertz CT molecular complexity index is 841. The summed E-state index contributed by atoms with van der Waals surface area (Å²) in [5.41, 5.74) is 0.981. The molecule has 2 aromatic rings. The quantitative estimate of drug-likeness (QED) is 0.619. The third kappa shape index (κ3) is 4.75. The van der Waals surface area contributed by atoms with Gasteiger partial charge in [0.1, 0.15) is 23.1 Å². The smallest absolute Gasteiger partial charge is 0.266 e. The Morgan fingerprint density at radius 1 is 1.32 bits per heavy atom. The number of carbonyl (C=O) groups is 1. The van der Waals surface area contributed by atoms with Crippen LogP contribution < -0.4 is 14.8 Å². The van der Waals surface area contributed by atoms with E-state index in [-0.39, 0.29) is 5.57 Å². The largest absolute Gasteiger partial charge is 0.497 e. The molecule has 0 fully saturated rings.